The maximum absolute atomic E-state index is 9.20. The molecule has 1 saturated heterocycles. The summed E-state index contributed by atoms with van der Waals surface area (Å²) in [6.45, 7) is 5.49. The van der Waals surface area contributed by atoms with E-state index in [1.165, 1.54) is 0 Å². The molecule has 2 heteroatoms. The summed E-state index contributed by atoms with van der Waals surface area (Å²) in [6, 6.07) is 0. The Balaban J connectivity index is 2.39. The molecule has 0 aromatic heterocycles. The van der Waals surface area contributed by atoms with Gasteiger partial charge in [0.15, 0.2) is 0 Å². The summed E-state index contributed by atoms with van der Waals surface area (Å²) in [4.78, 5) is 0. The summed E-state index contributed by atoms with van der Waals surface area (Å²) < 4.78 is 5.03. The highest BCUT2D eigenvalue weighted by Crippen LogP contribution is 2.31. The average Bonchev–Trinajstić information content (AvgIpc) is 2.13. The van der Waals surface area contributed by atoms with E-state index in [0.717, 1.165) is 0 Å². The summed E-state index contributed by atoms with van der Waals surface area (Å²) in [5, 5.41) is 9.20. The van der Waals surface area contributed by atoms with Crippen LogP contribution in [0.25, 0.3) is 0 Å². The molecule has 2 atom stereocenters. The van der Waals surface area contributed by atoms with Gasteiger partial charge < -0.3 is 9.84 Å². The van der Waals surface area contributed by atoms with Crippen LogP contribution in [0.15, 0.2) is 0 Å². The monoisotopic (exact) mass is 116 g/mol. The minimum absolute atomic E-state index is 0.0718. The van der Waals surface area contributed by atoms with Gasteiger partial charge >= 0.3 is 0 Å². The predicted octanol–water partition coefficient (Wildman–Crippen LogP) is 0.545. The molecule has 0 bridgehead atoms. The second kappa shape index (κ2) is 1.45. The molecule has 1 aliphatic heterocycles. The fourth-order valence-corrected chi connectivity index (χ4v) is 0.927. The van der Waals surface area contributed by atoms with Crippen molar-refractivity contribution in [2.75, 3.05) is 0 Å². The van der Waals surface area contributed by atoms with E-state index in [1.807, 2.05) is 6.92 Å². The van der Waals surface area contributed by atoms with Gasteiger partial charge in [-0.05, 0) is 20.8 Å². The van der Waals surface area contributed by atoms with Gasteiger partial charge in [-0.3, -0.25) is 0 Å². The van der Waals surface area contributed by atoms with Gasteiger partial charge in [-0.25, -0.2) is 0 Å². The Bertz CT molecular complexity index is 93.2. The van der Waals surface area contributed by atoms with Crippen LogP contribution >= 0.6 is 0 Å². The number of epoxide rings is 1. The highest BCUT2D eigenvalue weighted by Gasteiger charge is 2.45. The summed E-state index contributed by atoms with van der Waals surface area (Å²) in [6.07, 6.45) is 0.331. The molecule has 0 radical (unpaired) electrons. The summed E-state index contributed by atoms with van der Waals surface area (Å²) in [5.74, 6) is 0. The molecule has 0 unspecified atom stereocenters. The van der Waals surface area contributed by atoms with Gasteiger partial charge in [0.2, 0.25) is 0 Å². The number of rotatable bonds is 1. The maximum Gasteiger partial charge on any atom is 0.112 e. The average molecular weight is 116 g/mol. The molecule has 48 valence electrons. The highest BCUT2D eigenvalue weighted by molar-refractivity contribution is 4.93. The fraction of sp³-hybridized carbons (Fsp3) is 1.00. The summed E-state index contributed by atoms with van der Waals surface area (Å²) in [5.41, 5.74) is -0.639. The third-order valence-corrected chi connectivity index (χ3v) is 1.41. The molecule has 0 aromatic rings. The molecule has 1 N–H and O–H groups in total. The molecule has 1 fully saturated rings. The number of hydrogen-bond acceptors (Lipinski definition) is 2. The highest BCUT2D eigenvalue weighted by atomic mass is 16.6. The van der Waals surface area contributed by atoms with Gasteiger partial charge in [0.1, 0.15) is 6.10 Å². The molecule has 8 heavy (non-hydrogen) atoms. The van der Waals surface area contributed by atoms with Gasteiger partial charge in [-0.1, -0.05) is 0 Å². The van der Waals surface area contributed by atoms with Crippen molar-refractivity contribution < 1.29 is 9.84 Å². The topological polar surface area (TPSA) is 32.8 Å². The SMILES string of the molecule is C[C@H]1O[C@@H]1C(C)(C)O. The van der Waals surface area contributed by atoms with E-state index >= 15 is 0 Å². The molecule has 0 aromatic carbocycles. The minimum atomic E-state index is -0.639. The van der Waals surface area contributed by atoms with Crippen molar-refractivity contribution in [3.8, 4) is 0 Å². The maximum atomic E-state index is 9.20. The van der Waals surface area contributed by atoms with Crippen molar-refractivity contribution in [2.45, 2.75) is 38.6 Å². The van der Waals surface area contributed by atoms with Crippen molar-refractivity contribution in [1.29, 1.82) is 0 Å². The smallest absolute Gasteiger partial charge is 0.112 e. The molecule has 0 amide bonds. The molecule has 1 heterocycles. The predicted molar refractivity (Wildman–Crippen MR) is 30.6 cm³/mol. The zero-order chi connectivity index (χ0) is 6.36. The second-order valence-electron chi connectivity index (χ2n) is 2.92. The van der Waals surface area contributed by atoms with Crippen molar-refractivity contribution in [3.05, 3.63) is 0 Å². The van der Waals surface area contributed by atoms with E-state index in [2.05, 4.69) is 0 Å². The fourth-order valence-electron chi connectivity index (χ4n) is 0.927. The van der Waals surface area contributed by atoms with Crippen LogP contribution in [0, 0.1) is 0 Å². The molecule has 1 rings (SSSR count). The van der Waals surface area contributed by atoms with Gasteiger partial charge in [0.05, 0.1) is 11.7 Å². The standard InChI is InChI=1S/C6H12O2/c1-4-5(8-4)6(2,3)7/h4-5,7H,1-3H3/t4-,5+/m1/s1. The molecule has 0 spiro atoms. The quantitative estimate of drug-likeness (QED) is 0.507. The lowest BCUT2D eigenvalue weighted by atomic mass is 10.0. The van der Waals surface area contributed by atoms with Gasteiger partial charge in [-0.15, -0.1) is 0 Å². The van der Waals surface area contributed by atoms with E-state index in [0.29, 0.717) is 0 Å². The van der Waals surface area contributed by atoms with Crippen LogP contribution in [0.3, 0.4) is 0 Å². The Morgan fingerprint density at radius 1 is 1.50 bits per heavy atom. The Morgan fingerprint density at radius 2 is 1.88 bits per heavy atom. The Morgan fingerprint density at radius 3 is 1.88 bits per heavy atom. The summed E-state index contributed by atoms with van der Waals surface area (Å²) >= 11 is 0. The van der Waals surface area contributed by atoms with Crippen LogP contribution in [-0.4, -0.2) is 22.9 Å². The van der Waals surface area contributed by atoms with Crippen molar-refractivity contribution in [1.82, 2.24) is 0 Å². The number of ether oxygens (including phenoxy) is 1. The van der Waals surface area contributed by atoms with Gasteiger partial charge in [-0.2, -0.15) is 0 Å². The first-order chi connectivity index (χ1) is 3.52. The lowest BCUT2D eigenvalue weighted by Crippen LogP contribution is -2.27. The third-order valence-electron chi connectivity index (χ3n) is 1.41. The largest absolute Gasteiger partial charge is 0.388 e. The first-order valence-corrected chi connectivity index (χ1v) is 2.89. The van der Waals surface area contributed by atoms with Crippen LogP contribution in [0.4, 0.5) is 0 Å². The van der Waals surface area contributed by atoms with E-state index < -0.39 is 5.60 Å². The lowest BCUT2D eigenvalue weighted by Gasteiger charge is -2.12. The molecule has 1 aliphatic rings. The Hall–Kier alpha value is -0.0800. The molecule has 0 saturated carbocycles. The van der Waals surface area contributed by atoms with Crippen molar-refractivity contribution >= 4 is 0 Å². The van der Waals surface area contributed by atoms with Crippen LogP contribution in [0.1, 0.15) is 20.8 Å². The minimum Gasteiger partial charge on any atom is -0.388 e. The van der Waals surface area contributed by atoms with Gasteiger partial charge in [0.25, 0.3) is 0 Å². The van der Waals surface area contributed by atoms with Crippen LogP contribution < -0.4 is 0 Å². The number of hydrogen-bond donors (Lipinski definition) is 1. The third kappa shape index (κ3) is 1.01. The van der Waals surface area contributed by atoms with Crippen molar-refractivity contribution in [3.63, 3.8) is 0 Å². The number of aliphatic hydroxyl groups is 1. The van der Waals surface area contributed by atoms with Crippen LogP contribution in [0.5, 0.6) is 0 Å². The molecule has 2 nitrogen and oxygen atoms in total. The molecular formula is C6H12O2. The van der Waals surface area contributed by atoms with Crippen LogP contribution in [0.2, 0.25) is 0 Å². The van der Waals surface area contributed by atoms with E-state index in [1.54, 1.807) is 13.8 Å². The molecular weight excluding hydrogens is 104 g/mol. The summed E-state index contributed by atoms with van der Waals surface area (Å²) in [7, 11) is 0. The Kier molecular flexibility index (Phi) is 1.10. The van der Waals surface area contributed by atoms with Crippen LogP contribution in [-0.2, 0) is 4.74 Å². The zero-order valence-corrected chi connectivity index (χ0v) is 5.51. The van der Waals surface area contributed by atoms with E-state index in [4.69, 9.17) is 4.74 Å². The second-order valence-corrected chi connectivity index (χ2v) is 2.92. The van der Waals surface area contributed by atoms with Crippen molar-refractivity contribution in [2.24, 2.45) is 0 Å². The van der Waals surface area contributed by atoms with E-state index in [9.17, 15) is 5.11 Å². The first-order valence-electron chi connectivity index (χ1n) is 2.89. The lowest BCUT2D eigenvalue weighted by molar-refractivity contribution is 0.0482. The zero-order valence-electron chi connectivity index (χ0n) is 5.51. The molecule has 0 aliphatic carbocycles. The normalized spacial score (nSPS) is 37.5. The van der Waals surface area contributed by atoms with Gasteiger partial charge in [0, 0.05) is 0 Å². The Labute approximate surface area is 49.5 Å². The first kappa shape index (κ1) is 6.05. The van der Waals surface area contributed by atoms with E-state index in [-0.39, 0.29) is 12.2 Å².